The minimum absolute atomic E-state index is 0.179. The Bertz CT molecular complexity index is 562. The van der Waals surface area contributed by atoms with E-state index >= 15 is 0 Å². The van der Waals surface area contributed by atoms with Gasteiger partial charge in [-0.25, -0.2) is 9.37 Å². The van der Waals surface area contributed by atoms with E-state index in [-0.39, 0.29) is 5.82 Å². The minimum atomic E-state index is -0.179. The summed E-state index contributed by atoms with van der Waals surface area (Å²) in [6, 6.07) is 6.77. The Balaban J connectivity index is 1.98. The predicted octanol–water partition coefficient (Wildman–Crippen LogP) is 3.07. The van der Waals surface area contributed by atoms with Crippen LogP contribution in [0.3, 0.4) is 0 Å². The van der Waals surface area contributed by atoms with E-state index in [4.69, 9.17) is 0 Å². The summed E-state index contributed by atoms with van der Waals surface area (Å²) in [4.78, 5) is 8.34. The number of nitrogens with zero attached hydrogens (tertiary/aromatic N) is 2. The highest BCUT2D eigenvalue weighted by Crippen LogP contribution is 2.20. The fraction of sp³-hybridized carbons (Fsp3) is 0.231. The van der Waals surface area contributed by atoms with E-state index in [0.717, 1.165) is 4.47 Å². The number of halogens is 2. The summed E-state index contributed by atoms with van der Waals surface area (Å²) >= 11 is 3.37. The van der Waals surface area contributed by atoms with Crippen molar-refractivity contribution in [2.24, 2.45) is 0 Å². The summed E-state index contributed by atoms with van der Waals surface area (Å²) in [6.45, 7) is 0.597. The van der Waals surface area contributed by atoms with Crippen molar-refractivity contribution in [1.29, 1.82) is 0 Å². The monoisotopic (exact) mass is 324 g/mol. The zero-order chi connectivity index (χ0) is 13.7. The Morgan fingerprint density at radius 3 is 2.84 bits per heavy atom. The van der Waals surface area contributed by atoms with Gasteiger partial charge < -0.3 is 10.6 Å². The number of anilines is 2. The van der Waals surface area contributed by atoms with Gasteiger partial charge in [0, 0.05) is 19.8 Å². The van der Waals surface area contributed by atoms with Crippen LogP contribution in [0.25, 0.3) is 0 Å². The van der Waals surface area contributed by atoms with Crippen LogP contribution >= 0.6 is 15.9 Å². The zero-order valence-electron chi connectivity index (χ0n) is 10.5. The molecule has 0 aliphatic heterocycles. The smallest absolute Gasteiger partial charge is 0.224 e. The number of nitrogens with one attached hydrogen (secondary N) is 2. The van der Waals surface area contributed by atoms with E-state index in [2.05, 4.69) is 36.5 Å². The van der Waals surface area contributed by atoms with Crippen LogP contribution in [0, 0.1) is 5.82 Å². The number of hydrogen-bond acceptors (Lipinski definition) is 4. The third-order valence-electron chi connectivity index (χ3n) is 2.61. The summed E-state index contributed by atoms with van der Waals surface area (Å²) in [5.41, 5.74) is 0.689. The van der Waals surface area contributed by atoms with E-state index in [1.54, 1.807) is 25.4 Å². The van der Waals surface area contributed by atoms with Gasteiger partial charge in [0.2, 0.25) is 5.95 Å². The summed E-state index contributed by atoms with van der Waals surface area (Å²) in [5, 5.41) is 6.03. The lowest BCUT2D eigenvalue weighted by Crippen LogP contribution is -2.09. The first-order valence-electron chi connectivity index (χ1n) is 5.88. The Morgan fingerprint density at radius 2 is 2.11 bits per heavy atom. The van der Waals surface area contributed by atoms with Gasteiger partial charge >= 0.3 is 0 Å². The first-order chi connectivity index (χ1) is 9.20. The molecule has 0 unspecified atom stereocenters. The summed E-state index contributed by atoms with van der Waals surface area (Å²) in [5.74, 6) is 1.05. The largest absolute Gasteiger partial charge is 0.369 e. The lowest BCUT2D eigenvalue weighted by molar-refractivity contribution is 0.610. The molecule has 1 aromatic heterocycles. The fourth-order valence-corrected chi connectivity index (χ4v) is 1.96. The first kappa shape index (κ1) is 13.7. The highest BCUT2D eigenvalue weighted by molar-refractivity contribution is 9.10. The SMILES string of the molecule is CNc1ncc(Br)c(NCCc2ccccc2F)n1. The van der Waals surface area contributed by atoms with Gasteiger partial charge in [0.25, 0.3) is 0 Å². The van der Waals surface area contributed by atoms with Gasteiger partial charge in [0.1, 0.15) is 11.6 Å². The van der Waals surface area contributed by atoms with Crippen LogP contribution in [-0.4, -0.2) is 23.6 Å². The summed E-state index contributed by atoms with van der Waals surface area (Å²) in [6.07, 6.45) is 2.27. The van der Waals surface area contributed by atoms with E-state index in [1.165, 1.54) is 6.07 Å². The summed E-state index contributed by atoms with van der Waals surface area (Å²) in [7, 11) is 1.76. The predicted molar refractivity (Wildman–Crippen MR) is 77.9 cm³/mol. The molecule has 1 aromatic carbocycles. The molecule has 19 heavy (non-hydrogen) atoms. The molecule has 0 atom stereocenters. The maximum absolute atomic E-state index is 13.4. The van der Waals surface area contributed by atoms with Crippen molar-refractivity contribution in [3.05, 3.63) is 46.3 Å². The first-order valence-corrected chi connectivity index (χ1v) is 6.67. The van der Waals surface area contributed by atoms with Crippen molar-refractivity contribution in [3.8, 4) is 0 Å². The normalized spacial score (nSPS) is 10.3. The Morgan fingerprint density at radius 1 is 1.32 bits per heavy atom. The number of hydrogen-bond donors (Lipinski definition) is 2. The van der Waals surface area contributed by atoms with Gasteiger partial charge in [-0.2, -0.15) is 4.98 Å². The molecule has 4 nitrogen and oxygen atoms in total. The molecule has 2 rings (SSSR count). The molecule has 2 N–H and O–H groups in total. The molecule has 0 fully saturated rings. The lowest BCUT2D eigenvalue weighted by Gasteiger charge is -2.09. The van der Waals surface area contributed by atoms with Crippen LogP contribution in [0.5, 0.6) is 0 Å². The van der Waals surface area contributed by atoms with Gasteiger partial charge in [-0.3, -0.25) is 0 Å². The van der Waals surface area contributed by atoms with Gasteiger partial charge in [-0.05, 0) is 34.0 Å². The fourth-order valence-electron chi connectivity index (χ4n) is 1.63. The van der Waals surface area contributed by atoms with Crippen LogP contribution in [0.2, 0.25) is 0 Å². The van der Waals surface area contributed by atoms with Gasteiger partial charge in [-0.1, -0.05) is 18.2 Å². The van der Waals surface area contributed by atoms with Crippen LogP contribution in [0.15, 0.2) is 34.9 Å². The second-order valence-corrected chi connectivity index (χ2v) is 4.76. The lowest BCUT2D eigenvalue weighted by atomic mass is 10.1. The topological polar surface area (TPSA) is 49.8 Å². The quantitative estimate of drug-likeness (QED) is 0.887. The third kappa shape index (κ3) is 3.64. The van der Waals surface area contributed by atoms with Crippen molar-refractivity contribution in [2.45, 2.75) is 6.42 Å². The Labute approximate surface area is 119 Å². The molecule has 0 aliphatic rings. The van der Waals surface area contributed by atoms with Crippen LogP contribution in [0.1, 0.15) is 5.56 Å². The molecule has 0 radical (unpaired) electrons. The second kappa shape index (κ2) is 6.47. The second-order valence-electron chi connectivity index (χ2n) is 3.91. The van der Waals surface area contributed by atoms with E-state index in [9.17, 15) is 4.39 Å². The van der Waals surface area contributed by atoms with Crippen molar-refractivity contribution < 1.29 is 4.39 Å². The zero-order valence-corrected chi connectivity index (χ0v) is 12.0. The Hall–Kier alpha value is -1.69. The number of aromatic nitrogens is 2. The van der Waals surface area contributed by atoms with Crippen LogP contribution < -0.4 is 10.6 Å². The van der Waals surface area contributed by atoms with Crippen molar-refractivity contribution in [1.82, 2.24) is 9.97 Å². The number of benzene rings is 1. The molecule has 0 aliphatic carbocycles. The summed E-state index contributed by atoms with van der Waals surface area (Å²) < 4.78 is 14.2. The van der Waals surface area contributed by atoms with E-state index < -0.39 is 0 Å². The average Bonchev–Trinajstić information content (AvgIpc) is 2.43. The molecule has 0 amide bonds. The van der Waals surface area contributed by atoms with Gasteiger partial charge in [0.15, 0.2) is 0 Å². The highest BCUT2D eigenvalue weighted by atomic mass is 79.9. The maximum Gasteiger partial charge on any atom is 0.224 e. The standard InChI is InChI=1S/C13H14BrFN4/c1-16-13-18-8-10(14)12(19-13)17-7-6-9-4-2-3-5-11(9)15/h2-5,8H,6-7H2,1H3,(H2,16,17,18,19). The molecule has 6 heteroatoms. The third-order valence-corrected chi connectivity index (χ3v) is 3.19. The molecular weight excluding hydrogens is 311 g/mol. The highest BCUT2D eigenvalue weighted by Gasteiger charge is 2.05. The van der Waals surface area contributed by atoms with Crippen molar-refractivity contribution >= 4 is 27.7 Å². The van der Waals surface area contributed by atoms with Gasteiger partial charge in [0.05, 0.1) is 4.47 Å². The van der Waals surface area contributed by atoms with Crippen LogP contribution in [-0.2, 0) is 6.42 Å². The molecule has 0 saturated carbocycles. The van der Waals surface area contributed by atoms with Crippen molar-refractivity contribution in [2.75, 3.05) is 24.2 Å². The molecular formula is C13H14BrFN4. The van der Waals surface area contributed by atoms with Crippen molar-refractivity contribution in [3.63, 3.8) is 0 Å². The average molecular weight is 325 g/mol. The van der Waals surface area contributed by atoms with E-state index in [0.29, 0.717) is 30.3 Å². The van der Waals surface area contributed by atoms with Crippen LogP contribution in [0.4, 0.5) is 16.2 Å². The molecule has 1 heterocycles. The Kier molecular flexibility index (Phi) is 4.68. The molecule has 0 spiro atoms. The molecule has 2 aromatic rings. The molecule has 0 bridgehead atoms. The molecule has 0 saturated heterocycles. The number of rotatable bonds is 5. The van der Waals surface area contributed by atoms with Gasteiger partial charge in [-0.15, -0.1) is 0 Å². The molecule has 100 valence electrons. The maximum atomic E-state index is 13.4. The van der Waals surface area contributed by atoms with E-state index in [1.807, 2.05) is 6.07 Å². The minimum Gasteiger partial charge on any atom is -0.369 e.